The van der Waals surface area contributed by atoms with E-state index in [1.54, 1.807) is 18.5 Å². The number of anilines is 2. The summed E-state index contributed by atoms with van der Waals surface area (Å²) in [5.41, 5.74) is 2.51. The first-order valence-electron chi connectivity index (χ1n) is 11.3. The number of carbonyl (C=O) groups is 1. The van der Waals surface area contributed by atoms with Gasteiger partial charge in [0.15, 0.2) is 0 Å². The van der Waals surface area contributed by atoms with Crippen LogP contribution in [0.1, 0.15) is 32.6 Å². The Balaban J connectivity index is 1.50. The third kappa shape index (κ3) is 3.60. The quantitative estimate of drug-likeness (QED) is 0.668. The normalized spacial score (nSPS) is 19.8. The molecule has 1 atom stereocenters. The first-order chi connectivity index (χ1) is 15.6. The van der Waals surface area contributed by atoms with Gasteiger partial charge in [-0.3, -0.25) is 4.79 Å². The Morgan fingerprint density at radius 1 is 1.09 bits per heavy atom. The first kappa shape index (κ1) is 20.8. The van der Waals surface area contributed by atoms with Crippen LogP contribution >= 0.6 is 0 Å². The minimum Gasteiger partial charge on any atom is -0.383 e. The molecule has 3 aromatic rings. The number of halogens is 1. The van der Waals surface area contributed by atoms with Crippen LogP contribution in [-0.2, 0) is 4.79 Å². The molecule has 0 radical (unpaired) electrons. The van der Waals surface area contributed by atoms with E-state index in [4.69, 9.17) is 0 Å². The third-order valence-electron chi connectivity index (χ3n) is 6.86. The molecule has 7 heteroatoms. The highest BCUT2D eigenvalue weighted by molar-refractivity contribution is 6.01. The highest BCUT2D eigenvalue weighted by atomic mass is 19.1. The van der Waals surface area contributed by atoms with Gasteiger partial charge < -0.3 is 14.9 Å². The van der Waals surface area contributed by atoms with E-state index in [-0.39, 0.29) is 5.69 Å². The zero-order valence-electron chi connectivity index (χ0n) is 18.2. The van der Waals surface area contributed by atoms with Crippen molar-refractivity contribution in [3.8, 4) is 11.1 Å². The van der Waals surface area contributed by atoms with Crippen LogP contribution in [0.3, 0.4) is 0 Å². The lowest BCUT2D eigenvalue weighted by Gasteiger charge is -2.33. The maximum absolute atomic E-state index is 15.0. The number of piperidine rings is 1. The number of para-hydroxylation sites is 1. The summed E-state index contributed by atoms with van der Waals surface area (Å²) in [4.78, 5) is 24.9. The lowest BCUT2D eigenvalue weighted by Crippen LogP contribution is -2.34. The van der Waals surface area contributed by atoms with E-state index in [0.29, 0.717) is 18.5 Å². The fraction of sp³-hybridized carbons (Fsp3) is 0.400. The van der Waals surface area contributed by atoms with Gasteiger partial charge in [-0.2, -0.15) is 0 Å². The molecule has 5 rings (SSSR count). The second-order valence-corrected chi connectivity index (χ2v) is 8.70. The van der Waals surface area contributed by atoms with Crippen LogP contribution in [0.5, 0.6) is 0 Å². The van der Waals surface area contributed by atoms with E-state index in [2.05, 4.69) is 21.8 Å². The summed E-state index contributed by atoms with van der Waals surface area (Å²) in [5.74, 6) is 0.768. The van der Waals surface area contributed by atoms with E-state index in [1.807, 2.05) is 18.2 Å². The van der Waals surface area contributed by atoms with Crippen molar-refractivity contribution in [3.63, 3.8) is 0 Å². The monoisotopic (exact) mass is 434 g/mol. The van der Waals surface area contributed by atoms with Gasteiger partial charge in [0.1, 0.15) is 24.1 Å². The molecule has 2 fully saturated rings. The van der Waals surface area contributed by atoms with Crippen LogP contribution in [-0.4, -0.2) is 46.7 Å². The Labute approximate surface area is 186 Å². The molecule has 2 aliphatic heterocycles. The maximum atomic E-state index is 15.0. The van der Waals surface area contributed by atoms with E-state index in [0.717, 1.165) is 54.1 Å². The lowest BCUT2D eigenvalue weighted by atomic mass is 9.94. The smallest absolute Gasteiger partial charge is 0.255 e. The van der Waals surface area contributed by atoms with Gasteiger partial charge in [-0.15, -0.1) is 0 Å². The average Bonchev–Trinajstić information content (AvgIpc) is 3.16. The fourth-order valence-corrected chi connectivity index (χ4v) is 4.91. The molecule has 0 unspecified atom stereocenters. The largest absolute Gasteiger partial charge is 0.383 e. The zero-order chi connectivity index (χ0) is 22.2. The lowest BCUT2D eigenvalue weighted by molar-refractivity contribution is -0.124. The molecule has 6 nitrogen and oxygen atoms in total. The van der Waals surface area contributed by atoms with Gasteiger partial charge in [-0.25, -0.2) is 14.4 Å². The van der Waals surface area contributed by atoms with Gasteiger partial charge in [0.05, 0.1) is 11.2 Å². The standard InChI is InChI=1S/C25H27FN4O2/c1-2-16-8-11-29(12-9-16)24-19-5-3-4-18(23(19)27-15-28-24)17-6-7-21(20(26)14-17)30-13-10-22(31)25(30)32/h3-7,14-16,22,31H,2,8-13H2,1H3/t22-/m1/s1. The van der Waals surface area contributed by atoms with Crippen LogP contribution in [0.2, 0.25) is 0 Å². The van der Waals surface area contributed by atoms with E-state index in [1.165, 1.54) is 17.4 Å². The highest BCUT2D eigenvalue weighted by Crippen LogP contribution is 2.35. The van der Waals surface area contributed by atoms with E-state index in [9.17, 15) is 9.90 Å². The van der Waals surface area contributed by atoms with Gasteiger partial charge in [-0.1, -0.05) is 31.5 Å². The molecule has 0 aliphatic carbocycles. The van der Waals surface area contributed by atoms with Crippen molar-refractivity contribution < 1.29 is 14.3 Å². The number of nitrogens with zero attached hydrogens (tertiary/aromatic N) is 4. The molecule has 0 spiro atoms. The number of amides is 1. The van der Waals surface area contributed by atoms with Crippen molar-refractivity contribution in [2.75, 3.05) is 29.4 Å². The molecule has 2 aromatic carbocycles. The minimum atomic E-state index is -1.05. The summed E-state index contributed by atoms with van der Waals surface area (Å²) < 4.78 is 15.0. The predicted molar refractivity (Wildman–Crippen MR) is 123 cm³/mol. The Hall–Kier alpha value is -3.06. The number of carbonyl (C=O) groups excluding carboxylic acids is 1. The molecule has 0 bridgehead atoms. The average molecular weight is 435 g/mol. The molecular formula is C25H27FN4O2. The van der Waals surface area contributed by atoms with Crippen LogP contribution < -0.4 is 9.80 Å². The SMILES string of the molecule is CCC1CCN(c2ncnc3c(-c4ccc(N5CC[C@@H](O)C5=O)c(F)c4)cccc23)CC1. The summed E-state index contributed by atoms with van der Waals surface area (Å²) in [7, 11) is 0. The summed E-state index contributed by atoms with van der Waals surface area (Å²) in [6, 6.07) is 10.8. The predicted octanol–water partition coefficient (Wildman–Crippen LogP) is 4.16. The number of aliphatic hydroxyl groups excluding tert-OH is 1. The number of aliphatic hydroxyl groups is 1. The van der Waals surface area contributed by atoms with Gasteiger partial charge in [0, 0.05) is 37.0 Å². The van der Waals surface area contributed by atoms with Crippen molar-refractivity contribution in [2.24, 2.45) is 5.92 Å². The molecule has 0 saturated carbocycles. The number of hydrogen-bond donors (Lipinski definition) is 1. The van der Waals surface area contributed by atoms with Crippen molar-refractivity contribution in [2.45, 2.75) is 38.7 Å². The molecule has 2 aliphatic rings. The molecule has 32 heavy (non-hydrogen) atoms. The number of aromatic nitrogens is 2. The minimum absolute atomic E-state index is 0.199. The highest BCUT2D eigenvalue weighted by Gasteiger charge is 2.32. The second kappa shape index (κ2) is 8.47. The summed E-state index contributed by atoms with van der Waals surface area (Å²) in [6.45, 7) is 4.52. The third-order valence-corrected chi connectivity index (χ3v) is 6.86. The van der Waals surface area contributed by atoms with Crippen molar-refractivity contribution in [1.82, 2.24) is 9.97 Å². The molecule has 1 aromatic heterocycles. The van der Waals surface area contributed by atoms with Crippen LogP contribution in [0, 0.1) is 11.7 Å². The van der Waals surface area contributed by atoms with Crippen LogP contribution in [0.25, 0.3) is 22.0 Å². The molecule has 3 heterocycles. The van der Waals surface area contributed by atoms with Gasteiger partial charge in [0.25, 0.3) is 5.91 Å². The number of hydrogen-bond acceptors (Lipinski definition) is 5. The Bertz CT molecular complexity index is 1160. The molecule has 1 N–H and O–H groups in total. The number of benzene rings is 2. The molecule has 1 amide bonds. The van der Waals surface area contributed by atoms with Crippen molar-refractivity contribution in [1.29, 1.82) is 0 Å². The summed E-state index contributed by atoms with van der Waals surface area (Å²) in [6.07, 6.45) is 4.40. The summed E-state index contributed by atoms with van der Waals surface area (Å²) >= 11 is 0. The summed E-state index contributed by atoms with van der Waals surface area (Å²) in [5, 5.41) is 10.7. The van der Waals surface area contributed by atoms with Crippen molar-refractivity contribution >= 4 is 28.3 Å². The van der Waals surface area contributed by atoms with Gasteiger partial charge in [-0.05, 0) is 42.5 Å². The van der Waals surface area contributed by atoms with Gasteiger partial charge in [0.2, 0.25) is 0 Å². The Morgan fingerprint density at radius 2 is 1.91 bits per heavy atom. The Morgan fingerprint density at radius 3 is 2.59 bits per heavy atom. The van der Waals surface area contributed by atoms with E-state index >= 15 is 4.39 Å². The molecule has 166 valence electrons. The number of rotatable bonds is 4. The maximum Gasteiger partial charge on any atom is 0.255 e. The zero-order valence-corrected chi connectivity index (χ0v) is 18.2. The number of fused-ring (bicyclic) bond motifs is 1. The van der Waals surface area contributed by atoms with Crippen LogP contribution in [0.15, 0.2) is 42.7 Å². The molecular weight excluding hydrogens is 407 g/mol. The molecule has 2 saturated heterocycles. The van der Waals surface area contributed by atoms with Crippen LogP contribution in [0.4, 0.5) is 15.9 Å². The fourth-order valence-electron chi connectivity index (χ4n) is 4.91. The van der Waals surface area contributed by atoms with E-state index < -0.39 is 17.8 Å². The second-order valence-electron chi connectivity index (χ2n) is 8.70. The van der Waals surface area contributed by atoms with Gasteiger partial charge >= 0.3 is 0 Å². The topological polar surface area (TPSA) is 69.6 Å². The first-order valence-corrected chi connectivity index (χ1v) is 11.3. The Kier molecular flexibility index (Phi) is 5.51. The van der Waals surface area contributed by atoms with Crippen molar-refractivity contribution in [3.05, 3.63) is 48.5 Å².